The van der Waals surface area contributed by atoms with Gasteiger partial charge in [0.1, 0.15) is 6.04 Å². The van der Waals surface area contributed by atoms with Gasteiger partial charge in [0.15, 0.2) is 17.3 Å². The zero-order valence-corrected chi connectivity index (χ0v) is 13.9. The van der Waals surface area contributed by atoms with Gasteiger partial charge in [-0.3, -0.25) is 0 Å². The van der Waals surface area contributed by atoms with Crippen LogP contribution in [0.1, 0.15) is 18.9 Å². The number of methoxy groups -OCH3 is 2. The highest BCUT2D eigenvalue weighted by molar-refractivity contribution is 5.57. The molecular formula is C19H20N2O3. The van der Waals surface area contributed by atoms with Crippen LogP contribution in [-0.2, 0) is 0 Å². The molecule has 24 heavy (non-hydrogen) atoms. The van der Waals surface area contributed by atoms with E-state index in [-0.39, 0.29) is 6.04 Å². The Bertz CT molecular complexity index is 799. The van der Waals surface area contributed by atoms with Crippen molar-refractivity contribution >= 4 is 5.69 Å². The second kappa shape index (κ2) is 7.08. The van der Waals surface area contributed by atoms with Crippen LogP contribution in [0.5, 0.6) is 11.5 Å². The molecule has 0 saturated heterocycles. The molecule has 0 radical (unpaired) electrons. The minimum atomic E-state index is -0.0828. The minimum Gasteiger partial charge on any atom is -0.493 e. The highest BCUT2D eigenvalue weighted by atomic mass is 16.5. The number of nitrogens with zero attached hydrogens (tertiary/aromatic N) is 1. The van der Waals surface area contributed by atoms with Crippen LogP contribution < -0.4 is 14.8 Å². The van der Waals surface area contributed by atoms with Gasteiger partial charge in [-0.25, -0.2) is 4.98 Å². The third-order valence-electron chi connectivity index (χ3n) is 3.72. The van der Waals surface area contributed by atoms with Crippen molar-refractivity contribution in [1.29, 1.82) is 0 Å². The van der Waals surface area contributed by atoms with Crippen molar-refractivity contribution in [2.24, 2.45) is 0 Å². The Labute approximate surface area is 141 Å². The first kappa shape index (κ1) is 15.9. The molecule has 1 heterocycles. The molecule has 5 nitrogen and oxygen atoms in total. The second-order valence-corrected chi connectivity index (χ2v) is 5.36. The standard InChI is InChI=1S/C19H20N2O3/c1-13(21-15-9-10-16(22-2)17(11-15)23-3)19-20-12-18(24-19)14-7-5-4-6-8-14/h4-13,21H,1-3H3/t13-/m0/s1. The molecule has 124 valence electrons. The van der Waals surface area contributed by atoms with E-state index in [0.717, 1.165) is 17.0 Å². The summed E-state index contributed by atoms with van der Waals surface area (Å²) in [5.41, 5.74) is 1.91. The number of ether oxygens (including phenoxy) is 2. The van der Waals surface area contributed by atoms with Crippen molar-refractivity contribution in [3.8, 4) is 22.8 Å². The molecular weight excluding hydrogens is 304 g/mol. The summed E-state index contributed by atoms with van der Waals surface area (Å²) < 4.78 is 16.4. The zero-order valence-electron chi connectivity index (χ0n) is 13.9. The molecule has 3 rings (SSSR count). The smallest absolute Gasteiger partial charge is 0.217 e. The fraction of sp³-hybridized carbons (Fsp3) is 0.211. The summed E-state index contributed by atoms with van der Waals surface area (Å²) in [6.45, 7) is 2.00. The predicted octanol–water partition coefficient (Wildman–Crippen LogP) is 4.53. The monoisotopic (exact) mass is 324 g/mol. The van der Waals surface area contributed by atoms with Gasteiger partial charge in [0.2, 0.25) is 5.89 Å². The molecule has 0 spiro atoms. The summed E-state index contributed by atoms with van der Waals surface area (Å²) in [7, 11) is 3.23. The van der Waals surface area contributed by atoms with Crippen LogP contribution in [0.2, 0.25) is 0 Å². The number of oxazole rings is 1. The van der Waals surface area contributed by atoms with Crippen LogP contribution >= 0.6 is 0 Å². The SMILES string of the molecule is COc1ccc(N[C@@H](C)c2ncc(-c3ccccc3)o2)cc1OC. The lowest BCUT2D eigenvalue weighted by Crippen LogP contribution is -2.07. The summed E-state index contributed by atoms with van der Waals surface area (Å²) in [6.07, 6.45) is 1.75. The topological polar surface area (TPSA) is 56.5 Å². The van der Waals surface area contributed by atoms with E-state index in [1.807, 2.05) is 55.5 Å². The van der Waals surface area contributed by atoms with E-state index in [1.54, 1.807) is 20.4 Å². The number of hydrogen-bond acceptors (Lipinski definition) is 5. The number of nitrogens with one attached hydrogen (secondary N) is 1. The van der Waals surface area contributed by atoms with Crippen LogP contribution in [0.25, 0.3) is 11.3 Å². The van der Waals surface area contributed by atoms with Crippen molar-refractivity contribution < 1.29 is 13.9 Å². The fourth-order valence-electron chi connectivity index (χ4n) is 2.46. The second-order valence-electron chi connectivity index (χ2n) is 5.36. The van der Waals surface area contributed by atoms with Crippen LogP contribution in [0.15, 0.2) is 59.1 Å². The predicted molar refractivity (Wildman–Crippen MR) is 93.5 cm³/mol. The van der Waals surface area contributed by atoms with Gasteiger partial charge < -0.3 is 19.2 Å². The molecule has 0 unspecified atom stereocenters. The van der Waals surface area contributed by atoms with E-state index in [1.165, 1.54) is 0 Å². The lowest BCUT2D eigenvalue weighted by Gasteiger charge is -2.14. The maximum Gasteiger partial charge on any atom is 0.217 e. The summed E-state index contributed by atoms with van der Waals surface area (Å²) in [6, 6.07) is 15.5. The van der Waals surface area contributed by atoms with Crippen molar-refractivity contribution in [2.45, 2.75) is 13.0 Å². The van der Waals surface area contributed by atoms with Crippen LogP contribution in [-0.4, -0.2) is 19.2 Å². The van der Waals surface area contributed by atoms with Crippen molar-refractivity contribution in [3.05, 3.63) is 60.6 Å². The van der Waals surface area contributed by atoms with E-state index in [0.29, 0.717) is 17.4 Å². The molecule has 5 heteroatoms. The van der Waals surface area contributed by atoms with Gasteiger partial charge in [-0.2, -0.15) is 0 Å². The first-order valence-corrected chi connectivity index (χ1v) is 7.71. The number of anilines is 1. The van der Waals surface area contributed by atoms with E-state index in [9.17, 15) is 0 Å². The summed E-state index contributed by atoms with van der Waals surface area (Å²) in [5, 5.41) is 3.36. The largest absolute Gasteiger partial charge is 0.493 e. The summed E-state index contributed by atoms with van der Waals surface area (Å²) >= 11 is 0. The Kier molecular flexibility index (Phi) is 4.70. The summed E-state index contributed by atoms with van der Waals surface area (Å²) in [4.78, 5) is 4.38. The average Bonchev–Trinajstić information content (AvgIpc) is 3.12. The number of hydrogen-bond donors (Lipinski definition) is 1. The molecule has 3 aromatic rings. The normalized spacial score (nSPS) is 11.8. The first-order valence-electron chi connectivity index (χ1n) is 7.71. The number of aromatic nitrogens is 1. The average molecular weight is 324 g/mol. The maximum absolute atomic E-state index is 5.88. The van der Waals surface area contributed by atoms with Crippen LogP contribution in [0, 0.1) is 0 Å². The molecule has 2 aromatic carbocycles. The molecule has 0 aliphatic rings. The van der Waals surface area contributed by atoms with Gasteiger partial charge in [0.25, 0.3) is 0 Å². The molecule has 0 fully saturated rings. The molecule has 1 aromatic heterocycles. The summed E-state index contributed by atoms with van der Waals surface area (Å²) in [5.74, 6) is 2.75. The van der Waals surface area contributed by atoms with Crippen molar-refractivity contribution in [1.82, 2.24) is 4.98 Å². The third kappa shape index (κ3) is 3.35. The maximum atomic E-state index is 5.88. The highest BCUT2D eigenvalue weighted by Gasteiger charge is 2.14. The Hall–Kier alpha value is -2.95. The van der Waals surface area contributed by atoms with E-state index in [2.05, 4.69) is 10.3 Å². The van der Waals surface area contributed by atoms with Gasteiger partial charge in [-0.05, 0) is 19.1 Å². The van der Waals surface area contributed by atoms with Gasteiger partial charge >= 0.3 is 0 Å². The highest BCUT2D eigenvalue weighted by Crippen LogP contribution is 2.31. The van der Waals surface area contributed by atoms with Gasteiger partial charge in [-0.15, -0.1) is 0 Å². The Morgan fingerprint density at radius 1 is 1.00 bits per heavy atom. The Balaban J connectivity index is 1.76. The molecule has 0 aliphatic heterocycles. The molecule has 0 aliphatic carbocycles. The van der Waals surface area contributed by atoms with Gasteiger partial charge in [0, 0.05) is 17.3 Å². The van der Waals surface area contributed by atoms with E-state index >= 15 is 0 Å². The number of benzene rings is 2. The number of rotatable bonds is 6. The van der Waals surface area contributed by atoms with Crippen molar-refractivity contribution in [2.75, 3.05) is 19.5 Å². The van der Waals surface area contributed by atoms with Crippen LogP contribution in [0.3, 0.4) is 0 Å². The molecule has 0 amide bonds. The molecule has 0 saturated carbocycles. The van der Waals surface area contributed by atoms with E-state index < -0.39 is 0 Å². The Morgan fingerprint density at radius 3 is 2.46 bits per heavy atom. The first-order chi connectivity index (χ1) is 11.7. The lowest BCUT2D eigenvalue weighted by molar-refractivity contribution is 0.355. The van der Waals surface area contributed by atoms with Crippen LogP contribution in [0.4, 0.5) is 5.69 Å². The third-order valence-corrected chi connectivity index (χ3v) is 3.72. The fourth-order valence-corrected chi connectivity index (χ4v) is 2.46. The van der Waals surface area contributed by atoms with Gasteiger partial charge in [-0.1, -0.05) is 30.3 Å². The van der Waals surface area contributed by atoms with Crippen molar-refractivity contribution in [3.63, 3.8) is 0 Å². The molecule has 0 bridgehead atoms. The van der Waals surface area contributed by atoms with E-state index in [4.69, 9.17) is 13.9 Å². The lowest BCUT2D eigenvalue weighted by atomic mass is 10.2. The molecule has 1 atom stereocenters. The Morgan fingerprint density at radius 2 is 1.75 bits per heavy atom. The minimum absolute atomic E-state index is 0.0828. The molecule has 1 N–H and O–H groups in total. The van der Waals surface area contributed by atoms with Gasteiger partial charge in [0.05, 0.1) is 20.4 Å². The zero-order chi connectivity index (χ0) is 16.9. The quantitative estimate of drug-likeness (QED) is 0.722.